The number of hydrogen-bond acceptors (Lipinski definition) is 3. The van der Waals surface area contributed by atoms with Crippen LogP contribution in [0.2, 0.25) is 0 Å². The Morgan fingerprint density at radius 1 is 1.18 bits per heavy atom. The van der Waals surface area contributed by atoms with Crippen LogP contribution in [0.4, 0.5) is 0 Å². The lowest BCUT2D eigenvalue weighted by Crippen LogP contribution is -2.14. The van der Waals surface area contributed by atoms with Crippen LogP contribution in [0.1, 0.15) is 11.1 Å². The van der Waals surface area contributed by atoms with E-state index in [4.69, 9.17) is 0 Å². The summed E-state index contributed by atoms with van der Waals surface area (Å²) in [4.78, 5) is 11.2. The molecule has 3 aromatic rings. The van der Waals surface area contributed by atoms with Gasteiger partial charge in [0.05, 0.1) is 0 Å². The van der Waals surface area contributed by atoms with Crippen molar-refractivity contribution in [2.24, 2.45) is 0 Å². The third kappa shape index (κ3) is 3.51. The molecule has 0 radical (unpaired) electrons. The molecule has 3 rings (SSSR count). The van der Waals surface area contributed by atoms with E-state index in [1.54, 1.807) is 0 Å². The van der Waals surface area contributed by atoms with E-state index in [1.165, 1.54) is 26.9 Å². The summed E-state index contributed by atoms with van der Waals surface area (Å²) in [7, 11) is 4.24. The molecular formula is C18H21N3S. The molecule has 0 bridgehead atoms. The molecule has 1 aromatic carbocycles. The van der Waals surface area contributed by atoms with Crippen molar-refractivity contribution < 1.29 is 0 Å². The number of nitrogens with one attached hydrogen (secondary N) is 1. The molecule has 0 saturated carbocycles. The SMILES string of the molecule is CN(C)CCc1c[nH]c2cccc(SCc3cccnc3)c12. The van der Waals surface area contributed by atoms with Gasteiger partial charge in [-0.25, -0.2) is 0 Å². The van der Waals surface area contributed by atoms with E-state index in [0.717, 1.165) is 18.7 Å². The molecule has 2 aromatic heterocycles. The molecule has 0 unspecified atom stereocenters. The Morgan fingerprint density at radius 3 is 2.86 bits per heavy atom. The summed E-state index contributed by atoms with van der Waals surface area (Å²) < 4.78 is 0. The van der Waals surface area contributed by atoms with Gasteiger partial charge in [0.25, 0.3) is 0 Å². The van der Waals surface area contributed by atoms with Gasteiger partial charge < -0.3 is 9.88 Å². The van der Waals surface area contributed by atoms with Gasteiger partial charge >= 0.3 is 0 Å². The highest BCUT2D eigenvalue weighted by Crippen LogP contribution is 2.32. The van der Waals surface area contributed by atoms with Crippen molar-refractivity contribution in [1.29, 1.82) is 0 Å². The van der Waals surface area contributed by atoms with E-state index >= 15 is 0 Å². The van der Waals surface area contributed by atoms with Gasteiger partial charge in [-0.15, -0.1) is 11.8 Å². The predicted molar refractivity (Wildman–Crippen MR) is 94.4 cm³/mol. The predicted octanol–water partition coefficient (Wildman–Crippen LogP) is 3.96. The third-order valence-electron chi connectivity index (χ3n) is 3.69. The Labute approximate surface area is 135 Å². The zero-order chi connectivity index (χ0) is 15.4. The molecule has 0 aliphatic heterocycles. The van der Waals surface area contributed by atoms with Gasteiger partial charge in [-0.1, -0.05) is 12.1 Å². The van der Waals surface area contributed by atoms with Crippen molar-refractivity contribution in [1.82, 2.24) is 14.9 Å². The van der Waals surface area contributed by atoms with Gasteiger partial charge in [-0.2, -0.15) is 0 Å². The Hall–Kier alpha value is -1.78. The minimum absolute atomic E-state index is 0.950. The minimum atomic E-state index is 0.950. The van der Waals surface area contributed by atoms with Crippen molar-refractivity contribution in [3.63, 3.8) is 0 Å². The highest BCUT2D eigenvalue weighted by Gasteiger charge is 2.09. The number of aromatic amines is 1. The smallest absolute Gasteiger partial charge is 0.0468 e. The largest absolute Gasteiger partial charge is 0.361 e. The highest BCUT2D eigenvalue weighted by atomic mass is 32.2. The van der Waals surface area contributed by atoms with Crippen LogP contribution < -0.4 is 0 Å². The standard InChI is InChI=1S/C18H21N3S/c1-21(2)10-8-15-12-20-16-6-3-7-17(18(15)16)22-13-14-5-4-9-19-11-14/h3-7,9,11-12,20H,8,10,13H2,1-2H3. The Kier molecular flexibility index (Phi) is 4.80. The Morgan fingerprint density at radius 2 is 2.09 bits per heavy atom. The normalized spacial score (nSPS) is 11.4. The van der Waals surface area contributed by atoms with Crippen molar-refractivity contribution in [3.8, 4) is 0 Å². The molecule has 0 saturated heterocycles. The maximum Gasteiger partial charge on any atom is 0.0468 e. The molecule has 3 nitrogen and oxygen atoms in total. The average Bonchev–Trinajstić information content (AvgIpc) is 2.96. The highest BCUT2D eigenvalue weighted by molar-refractivity contribution is 7.98. The van der Waals surface area contributed by atoms with Gasteiger partial charge in [0.1, 0.15) is 0 Å². The molecule has 0 aliphatic carbocycles. The fourth-order valence-electron chi connectivity index (χ4n) is 2.53. The molecule has 22 heavy (non-hydrogen) atoms. The number of aromatic nitrogens is 2. The van der Waals surface area contributed by atoms with Crippen LogP contribution in [0.5, 0.6) is 0 Å². The number of hydrogen-bond donors (Lipinski definition) is 1. The summed E-state index contributed by atoms with van der Waals surface area (Å²) in [5.74, 6) is 0.950. The number of fused-ring (bicyclic) bond motifs is 1. The van der Waals surface area contributed by atoms with Crippen LogP contribution >= 0.6 is 11.8 Å². The maximum atomic E-state index is 4.19. The number of thioether (sulfide) groups is 1. The molecule has 2 heterocycles. The second-order valence-electron chi connectivity index (χ2n) is 5.70. The van der Waals surface area contributed by atoms with E-state index in [9.17, 15) is 0 Å². The van der Waals surface area contributed by atoms with E-state index in [1.807, 2.05) is 30.2 Å². The topological polar surface area (TPSA) is 31.9 Å². The van der Waals surface area contributed by atoms with Crippen LogP contribution in [0.3, 0.4) is 0 Å². The van der Waals surface area contributed by atoms with E-state index in [0.29, 0.717) is 0 Å². The van der Waals surface area contributed by atoms with Crippen LogP contribution in [0, 0.1) is 0 Å². The Bertz CT molecular complexity index is 734. The lowest BCUT2D eigenvalue weighted by atomic mass is 10.1. The summed E-state index contributed by atoms with van der Waals surface area (Å²) in [5, 5.41) is 1.37. The van der Waals surface area contributed by atoms with Gasteiger partial charge in [0.15, 0.2) is 0 Å². The monoisotopic (exact) mass is 311 g/mol. The summed E-state index contributed by atoms with van der Waals surface area (Å²) in [6, 6.07) is 10.6. The van der Waals surface area contributed by atoms with Gasteiger partial charge in [-0.05, 0) is 49.8 Å². The van der Waals surface area contributed by atoms with E-state index < -0.39 is 0 Å². The van der Waals surface area contributed by atoms with Crippen LogP contribution in [-0.4, -0.2) is 35.5 Å². The molecule has 0 aliphatic rings. The molecular weight excluding hydrogens is 290 g/mol. The number of benzene rings is 1. The first-order chi connectivity index (χ1) is 10.7. The van der Waals surface area contributed by atoms with Gasteiger partial charge in [-0.3, -0.25) is 4.98 Å². The van der Waals surface area contributed by atoms with Crippen LogP contribution in [-0.2, 0) is 12.2 Å². The van der Waals surface area contributed by atoms with Crippen molar-refractivity contribution in [2.45, 2.75) is 17.1 Å². The molecule has 4 heteroatoms. The zero-order valence-electron chi connectivity index (χ0n) is 13.0. The van der Waals surface area contributed by atoms with Gasteiger partial charge in [0, 0.05) is 46.7 Å². The lowest BCUT2D eigenvalue weighted by Gasteiger charge is -2.10. The molecule has 0 amide bonds. The quantitative estimate of drug-likeness (QED) is 0.699. The summed E-state index contributed by atoms with van der Waals surface area (Å²) in [6.07, 6.45) is 6.98. The number of nitrogens with zero attached hydrogens (tertiary/aromatic N) is 2. The van der Waals surface area contributed by atoms with E-state index in [2.05, 4.69) is 59.4 Å². The van der Waals surface area contributed by atoms with Crippen molar-refractivity contribution in [2.75, 3.05) is 20.6 Å². The number of likely N-dealkylation sites (N-methyl/N-ethyl adjacent to an activating group) is 1. The lowest BCUT2D eigenvalue weighted by molar-refractivity contribution is 0.414. The fourth-order valence-corrected chi connectivity index (χ4v) is 3.58. The molecule has 0 atom stereocenters. The van der Waals surface area contributed by atoms with Crippen LogP contribution in [0.15, 0.2) is 53.8 Å². The Balaban J connectivity index is 1.83. The molecule has 114 valence electrons. The second kappa shape index (κ2) is 6.99. The summed E-state index contributed by atoms with van der Waals surface area (Å²) >= 11 is 1.88. The number of pyridine rings is 1. The van der Waals surface area contributed by atoms with Gasteiger partial charge in [0.2, 0.25) is 0 Å². The first-order valence-electron chi connectivity index (χ1n) is 7.49. The minimum Gasteiger partial charge on any atom is -0.361 e. The summed E-state index contributed by atoms with van der Waals surface area (Å²) in [6.45, 7) is 1.06. The van der Waals surface area contributed by atoms with E-state index in [-0.39, 0.29) is 0 Å². The average molecular weight is 311 g/mol. The molecule has 0 fully saturated rings. The first kappa shape index (κ1) is 15.1. The summed E-state index contributed by atoms with van der Waals surface area (Å²) in [5.41, 5.74) is 3.89. The van der Waals surface area contributed by atoms with Crippen molar-refractivity contribution >= 4 is 22.7 Å². The van der Waals surface area contributed by atoms with Crippen molar-refractivity contribution in [3.05, 3.63) is 60.0 Å². The number of H-pyrrole nitrogens is 1. The van der Waals surface area contributed by atoms with Crippen LogP contribution in [0.25, 0.3) is 10.9 Å². The fraction of sp³-hybridized carbons (Fsp3) is 0.278. The third-order valence-corrected chi connectivity index (χ3v) is 4.82. The second-order valence-corrected chi connectivity index (χ2v) is 6.71. The first-order valence-corrected chi connectivity index (χ1v) is 8.48. The zero-order valence-corrected chi connectivity index (χ0v) is 13.9. The number of rotatable bonds is 6. The molecule has 0 spiro atoms. The molecule has 1 N–H and O–H groups in total. The maximum absolute atomic E-state index is 4.19.